The van der Waals surface area contributed by atoms with E-state index >= 15 is 0 Å². The summed E-state index contributed by atoms with van der Waals surface area (Å²) in [7, 11) is 0. The van der Waals surface area contributed by atoms with Gasteiger partial charge in [-0.1, -0.05) is 45.1 Å². The van der Waals surface area contributed by atoms with Gasteiger partial charge in [0.1, 0.15) is 0 Å². The molecule has 0 aliphatic heterocycles. The Morgan fingerprint density at radius 1 is 1.08 bits per heavy atom. The van der Waals surface area contributed by atoms with E-state index in [9.17, 15) is 0 Å². The molecule has 0 saturated heterocycles. The summed E-state index contributed by atoms with van der Waals surface area (Å²) < 4.78 is 0. The summed E-state index contributed by atoms with van der Waals surface area (Å²) in [6, 6.07) is 2.00. The molecule has 1 heteroatoms. The Balaban J connectivity index is 2.92. The lowest BCUT2D eigenvalue weighted by Crippen LogP contribution is -1.77. The molecule has 0 radical (unpaired) electrons. The molecule has 0 atom stereocenters. The summed E-state index contributed by atoms with van der Waals surface area (Å²) in [6.45, 7) is 2.23. The van der Waals surface area contributed by atoms with Gasteiger partial charge in [-0.05, 0) is 12.8 Å². The molecule has 0 aromatic carbocycles. The van der Waals surface area contributed by atoms with Crippen LogP contribution in [0.25, 0.3) is 0 Å². The molecule has 0 rings (SSSR count). The van der Waals surface area contributed by atoms with Crippen LogP contribution in [0, 0.1) is 11.3 Å². The molecule has 0 unspecified atom stereocenters. The van der Waals surface area contributed by atoms with Crippen molar-refractivity contribution in [3.8, 4) is 6.07 Å². The minimum atomic E-state index is 1.07. The van der Waals surface area contributed by atoms with Gasteiger partial charge in [-0.25, -0.2) is 0 Å². The van der Waals surface area contributed by atoms with Crippen molar-refractivity contribution in [1.29, 1.82) is 5.26 Å². The summed E-state index contributed by atoms with van der Waals surface area (Å²) in [5.41, 5.74) is 0. The average Bonchev–Trinajstić information content (AvgIpc) is 2.10. The fraction of sp³-hybridized carbons (Fsp3) is 0.727. The van der Waals surface area contributed by atoms with E-state index in [2.05, 4.69) is 6.92 Å². The Hall–Kier alpha value is -0.770. The van der Waals surface area contributed by atoms with E-state index < -0.39 is 0 Å². The van der Waals surface area contributed by atoms with E-state index in [0.717, 1.165) is 6.42 Å². The highest BCUT2D eigenvalue weighted by Crippen LogP contribution is 2.06. The van der Waals surface area contributed by atoms with Gasteiger partial charge in [0.05, 0.1) is 6.07 Å². The van der Waals surface area contributed by atoms with Crippen LogP contribution >= 0.6 is 0 Å². The molecule has 0 bridgehead atoms. The SMILES string of the molecule is CCCCCCCC/C=C/C#N. The van der Waals surface area contributed by atoms with Crippen molar-refractivity contribution in [2.75, 3.05) is 0 Å². The Kier molecular flexibility index (Phi) is 9.57. The van der Waals surface area contributed by atoms with Crippen LogP contribution in [0.2, 0.25) is 0 Å². The molecule has 0 amide bonds. The van der Waals surface area contributed by atoms with Crippen molar-refractivity contribution in [3.63, 3.8) is 0 Å². The van der Waals surface area contributed by atoms with E-state index in [1.807, 2.05) is 12.1 Å². The van der Waals surface area contributed by atoms with E-state index in [1.54, 1.807) is 6.08 Å². The fourth-order valence-corrected chi connectivity index (χ4v) is 1.18. The molecule has 0 aromatic rings. The van der Waals surface area contributed by atoms with Crippen LogP contribution in [0.3, 0.4) is 0 Å². The van der Waals surface area contributed by atoms with Gasteiger partial charge in [0.2, 0.25) is 0 Å². The van der Waals surface area contributed by atoms with Crippen LogP contribution in [0.1, 0.15) is 51.9 Å². The van der Waals surface area contributed by atoms with Gasteiger partial charge in [-0.2, -0.15) is 5.26 Å². The maximum absolute atomic E-state index is 8.20. The zero-order valence-electron chi connectivity index (χ0n) is 8.05. The Bertz CT molecular complexity index is 142. The first-order valence-electron chi connectivity index (χ1n) is 4.96. The van der Waals surface area contributed by atoms with Crippen LogP contribution in [0.4, 0.5) is 0 Å². The topological polar surface area (TPSA) is 23.8 Å². The predicted octanol–water partition coefficient (Wildman–Crippen LogP) is 3.82. The van der Waals surface area contributed by atoms with Crippen LogP contribution < -0.4 is 0 Å². The zero-order chi connectivity index (χ0) is 9.07. The first kappa shape index (κ1) is 11.2. The number of nitrogens with zero attached hydrogens (tertiary/aromatic N) is 1. The molecule has 0 aromatic heterocycles. The second kappa shape index (κ2) is 10.2. The van der Waals surface area contributed by atoms with Crippen LogP contribution in [-0.4, -0.2) is 0 Å². The molecule has 0 fully saturated rings. The maximum Gasteiger partial charge on any atom is 0.0908 e. The molecule has 0 aliphatic rings. The average molecular weight is 165 g/mol. The highest BCUT2D eigenvalue weighted by Gasteiger charge is 1.87. The summed E-state index contributed by atoms with van der Waals surface area (Å²) in [6.07, 6.45) is 12.6. The van der Waals surface area contributed by atoms with Crippen molar-refractivity contribution in [1.82, 2.24) is 0 Å². The lowest BCUT2D eigenvalue weighted by molar-refractivity contribution is 0.611. The molecule has 0 saturated carbocycles. The molecule has 0 heterocycles. The Morgan fingerprint density at radius 3 is 2.42 bits per heavy atom. The van der Waals surface area contributed by atoms with Crippen LogP contribution in [0.15, 0.2) is 12.2 Å². The van der Waals surface area contributed by atoms with Crippen molar-refractivity contribution in [3.05, 3.63) is 12.2 Å². The number of hydrogen-bond donors (Lipinski definition) is 0. The standard InChI is InChI=1S/C11H19N/c1-2-3-4-5-6-7-8-9-10-11-12/h9-10H,2-8H2,1H3/b10-9+. The fourth-order valence-electron chi connectivity index (χ4n) is 1.18. The molecular weight excluding hydrogens is 146 g/mol. The van der Waals surface area contributed by atoms with Gasteiger partial charge in [0.15, 0.2) is 0 Å². The summed E-state index contributed by atoms with van der Waals surface area (Å²) >= 11 is 0. The zero-order valence-corrected chi connectivity index (χ0v) is 8.05. The molecule has 12 heavy (non-hydrogen) atoms. The van der Waals surface area contributed by atoms with Gasteiger partial charge in [-0.3, -0.25) is 0 Å². The van der Waals surface area contributed by atoms with Gasteiger partial charge in [0.25, 0.3) is 0 Å². The lowest BCUT2D eigenvalue weighted by atomic mass is 10.1. The van der Waals surface area contributed by atoms with Crippen molar-refractivity contribution < 1.29 is 0 Å². The van der Waals surface area contributed by atoms with E-state index in [1.165, 1.54) is 38.5 Å². The van der Waals surface area contributed by atoms with Crippen molar-refractivity contribution >= 4 is 0 Å². The number of rotatable bonds is 7. The predicted molar refractivity (Wildman–Crippen MR) is 52.7 cm³/mol. The molecule has 0 N–H and O–H groups in total. The van der Waals surface area contributed by atoms with Crippen molar-refractivity contribution in [2.24, 2.45) is 0 Å². The van der Waals surface area contributed by atoms with E-state index in [0.29, 0.717) is 0 Å². The lowest BCUT2D eigenvalue weighted by Gasteiger charge is -1.96. The van der Waals surface area contributed by atoms with Crippen LogP contribution in [-0.2, 0) is 0 Å². The maximum atomic E-state index is 8.20. The molecular formula is C11H19N. The summed E-state index contributed by atoms with van der Waals surface area (Å²) in [5, 5.41) is 8.20. The molecule has 0 aliphatic carbocycles. The Labute approximate surface area is 76.1 Å². The second-order valence-corrected chi connectivity index (χ2v) is 3.09. The first-order chi connectivity index (χ1) is 5.91. The third-order valence-corrected chi connectivity index (χ3v) is 1.92. The number of hydrogen-bond acceptors (Lipinski definition) is 1. The second-order valence-electron chi connectivity index (χ2n) is 3.09. The monoisotopic (exact) mass is 165 g/mol. The minimum Gasteiger partial charge on any atom is -0.193 e. The highest BCUT2D eigenvalue weighted by molar-refractivity contribution is 5.01. The van der Waals surface area contributed by atoms with Gasteiger partial charge >= 0.3 is 0 Å². The third-order valence-electron chi connectivity index (χ3n) is 1.92. The minimum absolute atomic E-state index is 1.07. The normalized spacial score (nSPS) is 10.3. The molecule has 1 nitrogen and oxygen atoms in total. The largest absolute Gasteiger partial charge is 0.193 e. The molecule has 0 spiro atoms. The van der Waals surface area contributed by atoms with Gasteiger partial charge in [-0.15, -0.1) is 0 Å². The number of nitriles is 1. The summed E-state index contributed by atoms with van der Waals surface area (Å²) in [4.78, 5) is 0. The number of allylic oxidation sites excluding steroid dienone is 2. The number of unbranched alkanes of at least 4 members (excludes halogenated alkanes) is 6. The summed E-state index contributed by atoms with van der Waals surface area (Å²) in [5.74, 6) is 0. The molecule has 68 valence electrons. The van der Waals surface area contributed by atoms with Gasteiger partial charge in [0, 0.05) is 6.08 Å². The van der Waals surface area contributed by atoms with Crippen molar-refractivity contribution in [2.45, 2.75) is 51.9 Å². The first-order valence-corrected chi connectivity index (χ1v) is 4.96. The third kappa shape index (κ3) is 9.23. The smallest absolute Gasteiger partial charge is 0.0908 e. The van der Waals surface area contributed by atoms with E-state index in [-0.39, 0.29) is 0 Å². The quantitative estimate of drug-likeness (QED) is 0.415. The van der Waals surface area contributed by atoms with Crippen LogP contribution in [0.5, 0.6) is 0 Å². The van der Waals surface area contributed by atoms with E-state index in [4.69, 9.17) is 5.26 Å². The Morgan fingerprint density at radius 2 is 1.75 bits per heavy atom. The van der Waals surface area contributed by atoms with Gasteiger partial charge < -0.3 is 0 Å². The highest BCUT2D eigenvalue weighted by atomic mass is 14.2.